The summed E-state index contributed by atoms with van der Waals surface area (Å²) < 4.78 is 6.70. The van der Waals surface area contributed by atoms with Gasteiger partial charge in [0.15, 0.2) is 5.58 Å². The molecule has 0 radical (unpaired) electrons. The summed E-state index contributed by atoms with van der Waals surface area (Å²) >= 11 is 0. The average Bonchev–Trinajstić information content (AvgIpc) is 3.46. The normalized spacial score (nSPS) is 14.3. The highest BCUT2D eigenvalue weighted by atomic mass is 16.3. The van der Waals surface area contributed by atoms with Gasteiger partial charge in [-0.1, -0.05) is 140 Å². The van der Waals surface area contributed by atoms with Crippen LogP contribution < -0.4 is 4.90 Å². The maximum atomic E-state index is 6.70. The summed E-state index contributed by atoms with van der Waals surface area (Å²) in [6, 6.07) is 55.7. The van der Waals surface area contributed by atoms with Crippen LogP contribution in [0.5, 0.6) is 0 Å². The lowest BCUT2D eigenvalue weighted by Gasteiger charge is -2.27. The van der Waals surface area contributed by atoms with Crippen LogP contribution in [-0.4, -0.2) is 4.98 Å². The largest absolute Gasteiger partial charge is 0.435 e. The molecule has 3 nitrogen and oxygen atoms in total. The summed E-state index contributed by atoms with van der Waals surface area (Å²) in [6.07, 6.45) is 10.7. The second-order valence-corrected chi connectivity index (χ2v) is 12.4. The third-order valence-corrected chi connectivity index (χ3v) is 9.35. The standard InChI is InChI=1S/C46H32N2O/c1-3-11-32(12-4-1)33-15-9-17-37(23-21-33)46-47-42-30-27-36-16-10-20-43(44(36)45(42)49-46)48(40-18-5-2-6-19-40)41-28-25-35(26-29-41)39-24-22-34-13-7-8-14-38(34)31-39/h1-31,33H. The Balaban J connectivity index is 1.14. The van der Waals surface area contributed by atoms with E-state index in [2.05, 4.69) is 187 Å². The first kappa shape index (κ1) is 28.7. The topological polar surface area (TPSA) is 29.3 Å². The Kier molecular flexibility index (Phi) is 7.21. The fraction of sp³-hybridized carbons (Fsp3) is 0.0217. The fourth-order valence-electron chi connectivity index (χ4n) is 6.87. The van der Waals surface area contributed by atoms with Gasteiger partial charge in [-0.2, -0.15) is 0 Å². The number of oxazole rings is 1. The molecular weight excluding hydrogens is 597 g/mol. The van der Waals surface area contributed by atoms with Crippen molar-refractivity contribution in [3.05, 3.63) is 200 Å². The Labute approximate surface area is 285 Å². The monoisotopic (exact) mass is 628 g/mol. The number of anilines is 3. The number of fused-ring (bicyclic) bond motifs is 4. The van der Waals surface area contributed by atoms with E-state index in [1.54, 1.807) is 0 Å². The van der Waals surface area contributed by atoms with Crippen molar-refractivity contribution in [1.29, 1.82) is 0 Å². The first-order valence-electron chi connectivity index (χ1n) is 16.7. The molecule has 1 atom stereocenters. The summed E-state index contributed by atoms with van der Waals surface area (Å²) in [5.74, 6) is 0.803. The molecule has 232 valence electrons. The lowest BCUT2D eigenvalue weighted by molar-refractivity contribution is 0.588. The Hall–Kier alpha value is -6.45. The lowest BCUT2D eigenvalue weighted by Crippen LogP contribution is -2.10. The first-order chi connectivity index (χ1) is 24.3. The van der Waals surface area contributed by atoms with Gasteiger partial charge in [0.25, 0.3) is 0 Å². The van der Waals surface area contributed by atoms with Gasteiger partial charge in [0, 0.05) is 22.9 Å². The smallest absolute Gasteiger partial charge is 0.227 e. The molecule has 0 bridgehead atoms. The van der Waals surface area contributed by atoms with Gasteiger partial charge in [-0.15, -0.1) is 0 Å². The van der Waals surface area contributed by atoms with E-state index in [0.29, 0.717) is 5.89 Å². The van der Waals surface area contributed by atoms with E-state index < -0.39 is 0 Å². The number of aromatic nitrogens is 1. The molecule has 1 aliphatic carbocycles. The quantitative estimate of drug-likeness (QED) is 0.183. The van der Waals surface area contributed by atoms with Gasteiger partial charge in [0.05, 0.1) is 11.1 Å². The average molecular weight is 629 g/mol. The molecule has 0 saturated heterocycles. The van der Waals surface area contributed by atoms with Crippen molar-refractivity contribution in [2.75, 3.05) is 4.90 Å². The molecule has 0 N–H and O–H groups in total. The van der Waals surface area contributed by atoms with Crippen molar-refractivity contribution in [1.82, 2.24) is 4.98 Å². The Bertz CT molecular complexity index is 2540. The van der Waals surface area contributed by atoms with E-state index in [-0.39, 0.29) is 5.92 Å². The summed E-state index contributed by atoms with van der Waals surface area (Å²) in [4.78, 5) is 7.31. The van der Waals surface area contributed by atoms with E-state index in [1.165, 1.54) is 27.5 Å². The molecule has 3 heteroatoms. The van der Waals surface area contributed by atoms with Gasteiger partial charge in [0.2, 0.25) is 5.89 Å². The van der Waals surface area contributed by atoms with Crippen molar-refractivity contribution in [3.8, 4) is 11.1 Å². The Morgan fingerprint density at radius 1 is 0.551 bits per heavy atom. The maximum absolute atomic E-state index is 6.70. The van der Waals surface area contributed by atoms with Gasteiger partial charge < -0.3 is 9.32 Å². The van der Waals surface area contributed by atoms with Crippen molar-refractivity contribution in [3.63, 3.8) is 0 Å². The van der Waals surface area contributed by atoms with Crippen LogP contribution in [0.4, 0.5) is 17.1 Å². The van der Waals surface area contributed by atoms with Crippen molar-refractivity contribution in [2.24, 2.45) is 0 Å². The lowest BCUT2D eigenvalue weighted by atomic mass is 9.98. The van der Waals surface area contributed by atoms with Crippen LogP contribution in [0.2, 0.25) is 0 Å². The SMILES string of the molecule is C1=CC(c2ccccc2)C=CC(c2nc3ccc4cccc(N(c5ccccc5)c5ccc(-c6ccc7ccccc7c6)cc5)c4c3o2)=C1. The third-order valence-electron chi connectivity index (χ3n) is 9.35. The molecule has 1 aliphatic rings. The van der Waals surface area contributed by atoms with Gasteiger partial charge in [0.1, 0.15) is 5.52 Å². The molecule has 8 aromatic rings. The van der Waals surface area contributed by atoms with Crippen LogP contribution in [0.15, 0.2) is 193 Å². The minimum atomic E-state index is 0.193. The van der Waals surface area contributed by atoms with Crippen LogP contribution in [0, 0.1) is 0 Å². The van der Waals surface area contributed by atoms with Gasteiger partial charge in [-0.3, -0.25) is 0 Å². The molecule has 49 heavy (non-hydrogen) atoms. The Morgan fingerprint density at radius 3 is 2.08 bits per heavy atom. The molecule has 1 heterocycles. The maximum Gasteiger partial charge on any atom is 0.227 e. The molecule has 1 unspecified atom stereocenters. The van der Waals surface area contributed by atoms with Crippen LogP contribution in [-0.2, 0) is 0 Å². The number of hydrogen-bond acceptors (Lipinski definition) is 3. The number of nitrogens with zero attached hydrogens (tertiary/aromatic N) is 2. The van der Waals surface area contributed by atoms with Crippen LogP contribution in [0.1, 0.15) is 17.4 Å². The second kappa shape index (κ2) is 12.3. The molecule has 0 aliphatic heterocycles. The Morgan fingerprint density at radius 2 is 1.24 bits per heavy atom. The van der Waals surface area contributed by atoms with E-state index in [0.717, 1.165) is 44.5 Å². The highest BCUT2D eigenvalue weighted by Crippen LogP contribution is 2.42. The van der Waals surface area contributed by atoms with Gasteiger partial charge in [-0.25, -0.2) is 4.98 Å². The molecule has 0 fully saturated rings. The molecule has 0 spiro atoms. The van der Waals surface area contributed by atoms with Crippen LogP contribution in [0.25, 0.3) is 49.3 Å². The van der Waals surface area contributed by atoms with Crippen LogP contribution in [0.3, 0.4) is 0 Å². The van der Waals surface area contributed by atoms with E-state index in [9.17, 15) is 0 Å². The first-order valence-corrected chi connectivity index (χ1v) is 16.7. The molecule has 7 aromatic carbocycles. The predicted molar refractivity (Wildman–Crippen MR) is 205 cm³/mol. The summed E-state index contributed by atoms with van der Waals surface area (Å²) in [5.41, 5.74) is 9.34. The highest BCUT2D eigenvalue weighted by molar-refractivity contribution is 6.12. The minimum absolute atomic E-state index is 0.193. The number of para-hydroxylation sites is 1. The predicted octanol–water partition coefficient (Wildman–Crippen LogP) is 12.6. The minimum Gasteiger partial charge on any atom is -0.435 e. The molecular formula is C46H32N2O. The zero-order valence-electron chi connectivity index (χ0n) is 26.8. The van der Waals surface area contributed by atoms with E-state index >= 15 is 0 Å². The number of hydrogen-bond donors (Lipinski definition) is 0. The van der Waals surface area contributed by atoms with Gasteiger partial charge >= 0.3 is 0 Å². The molecule has 9 rings (SSSR count). The zero-order valence-corrected chi connectivity index (χ0v) is 26.8. The fourth-order valence-corrected chi connectivity index (χ4v) is 6.87. The molecule has 0 amide bonds. The second-order valence-electron chi connectivity index (χ2n) is 12.4. The van der Waals surface area contributed by atoms with Crippen molar-refractivity contribution < 1.29 is 4.42 Å². The highest BCUT2D eigenvalue weighted by Gasteiger charge is 2.20. The zero-order chi connectivity index (χ0) is 32.6. The number of benzene rings is 7. The van der Waals surface area contributed by atoms with Crippen molar-refractivity contribution in [2.45, 2.75) is 5.92 Å². The molecule has 1 aromatic heterocycles. The number of rotatable bonds is 6. The molecule has 0 saturated carbocycles. The van der Waals surface area contributed by atoms with E-state index in [1.807, 2.05) is 6.07 Å². The third kappa shape index (κ3) is 5.42. The summed E-state index contributed by atoms with van der Waals surface area (Å²) in [5, 5.41) is 4.60. The summed E-state index contributed by atoms with van der Waals surface area (Å²) in [6.45, 7) is 0. The van der Waals surface area contributed by atoms with Crippen LogP contribution >= 0.6 is 0 Å². The van der Waals surface area contributed by atoms with Gasteiger partial charge in [-0.05, 0) is 81.4 Å². The summed E-state index contributed by atoms with van der Waals surface area (Å²) in [7, 11) is 0. The van der Waals surface area contributed by atoms with E-state index in [4.69, 9.17) is 9.40 Å². The number of allylic oxidation sites excluding steroid dienone is 6. The van der Waals surface area contributed by atoms with Crippen molar-refractivity contribution >= 4 is 55.3 Å².